The molecule has 0 unspecified atom stereocenters. The Balaban J connectivity index is -0.000000300. The van der Waals surface area contributed by atoms with E-state index in [1.165, 1.54) is 0 Å². The monoisotopic (exact) mass is 350 g/mol. The van der Waals surface area contributed by atoms with Crippen molar-refractivity contribution in [3.63, 3.8) is 0 Å². The van der Waals surface area contributed by atoms with Crippen molar-refractivity contribution in [2.45, 2.75) is 34.1 Å². The third-order valence-electron chi connectivity index (χ3n) is 1.86. The van der Waals surface area contributed by atoms with Gasteiger partial charge in [0.2, 0.25) is 0 Å². The van der Waals surface area contributed by atoms with Gasteiger partial charge in [-0.2, -0.15) is 8.42 Å². The van der Waals surface area contributed by atoms with Gasteiger partial charge < -0.3 is 10.2 Å². The van der Waals surface area contributed by atoms with Gasteiger partial charge in [-0.25, -0.2) is 17.9 Å². The Morgan fingerprint density at radius 1 is 0.810 bits per heavy atom. The van der Waals surface area contributed by atoms with Crippen LogP contribution in [0.4, 0.5) is 0 Å². The smallest absolute Gasteiger partial charge is 0.276 e. The standard InChI is InChI=1S/C5H14N2O3S.C5H12O3S.CH4/c1-2-3-6-11(9,10)7-4-5-8;1-2-4-9(7,8)5-3-6;/h6-8H,2-5H2,1H3;6H,2-5H2,1H3;1H4. The number of sulfone groups is 1. The number of hydrogen-bond acceptors (Lipinski definition) is 6. The summed E-state index contributed by atoms with van der Waals surface area (Å²) in [6, 6.07) is 0. The normalized spacial score (nSPS) is 11.2. The highest BCUT2D eigenvalue weighted by atomic mass is 32.2. The summed E-state index contributed by atoms with van der Waals surface area (Å²) in [4.78, 5) is 0. The summed E-state index contributed by atoms with van der Waals surface area (Å²) in [5, 5.41) is 16.5. The Morgan fingerprint density at radius 2 is 1.33 bits per heavy atom. The fourth-order valence-corrected chi connectivity index (χ4v) is 3.06. The third kappa shape index (κ3) is 19.7. The van der Waals surface area contributed by atoms with Crippen molar-refractivity contribution in [1.29, 1.82) is 0 Å². The molecule has 0 aliphatic carbocycles. The van der Waals surface area contributed by atoms with E-state index >= 15 is 0 Å². The van der Waals surface area contributed by atoms with E-state index in [9.17, 15) is 16.8 Å². The molecule has 0 atom stereocenters. The first-order chi connectivity index (χ1) is 9.24. The van der Waals surface area contributed by atoms with Gasteiger partial charge in [0.25, 0.3) is 10.2 Å². The zero-order chi connectivity index (χ0) is 16.1. The molecule has 4 N–H and O–H groups in total. The van der Waals surface area contributed by atoms with Crippen LogP contribution in [0.15, 0.2) is 0 Å². The average Bonchev–Trinajstić information content (AvgIpc) is 2.35. The highest BCUT2D eigenvalue weighted by Crippen LogP contribution is 1.91. The Morgan fingerprint density at radius 3 is 1.71 bits per heavy atom. The number of hydrogen-bond donors (Lipinski definition) is 4. The molecule has 0 amide bonds. The molecule has 0 aromatic heterocycles. The Bertz CT molecular complexity index is 382. The molecule has 0 rings (SSSR count). The van der Waals surface area contributed by atoms with Gasteiger partial charge in [0.1, 0.15) is 0 Å². The molecule has 8 nitrogen and oxygen atoms in total. The van der Waals surface area contributed by atoms with Crippen molar-refractivity contribution in [3.05, 3.63) is 0 Å². The minimum Gasteiger partial charge on any atom is -0.395 e. The fourth-order valence-electron chi connectivity index (χ4n) is 1.02. The predicted molar refractivity (Wildman–Crippen MR) is 85.1 cm³/mol. The van der Waals surface area contributed by atoms with Gasteiger partial charge in [-0.05, 0) is 12.8 Å². The minimum atomic E-state index is -3.37. The number of aliphatic hydroxyl groups excluding tert-OH is 2. The summed E-state index contributed by atoms with van der Waals surface area (Å²) < 4.78 is 47.4. The van der Waals surface area contributed by atoms with Gasteiger partial charge in [-0.1, -0.05) is 21.3 Å². The molecule has 0 aromatic carbocycles. The van der Waals surface area contributed by atoms with E-state index < -0.39 is 20.0 Å². The Labute approximate surface area is 129 Å². The summed E-state index contributed by atoms with van der Waals surface area (Å²) in [5.74, 6) is 0.0917. The fraction of sp³-hybridized carbons (Fsp3) is 1.00. The Kier molecular flexibility index (Phi) is 17.9. The molecule has 0 radical (unpaired) electrons. The number of rotatable bonds is 10. The molecule has 0 fully saturated rings. The van der Waals surface area contributed by atoms with Crippen LogP contribution in [0.5, 0.6) is 0 Å². The zero-order valence-electron chi connectivity index (χ0n) is 12.0. The van der Waals surface area contributed by atoms with Crippen molar-refractivity contribution < 1.29 is 27.0 Å². The molecule has 0 spiro atoms. The van der Waals surface area contributed by atoms with Crippen LogP contribution in [0.25, 0.3) is 0 Å². The lowest BCUT2D eigenvalue weighted by molar-refractivity contribution is 0.300. The molecule has 0 aromatic rings. The molecule has 0 heterocycles. The second-order valence-corrected chi connectivity index (χ2v) is 7.78. The molecule has 10 heteroatoms. The van der Waals surface area contributed by atoms with E-state index in [4.69, 9.17) is 10.2 Å². The van der Waals surface area contributed by atoms with E-state index in [1.54, 1.807) is 6.92 Å². The molecule has 0 saturated carbocycles. The average molecular weight is 351 g/mol. The second kappa shape index (κ2) is 14.7. The van der Waals surface area contributed by atoms with Gasteiger partial charge in [0.05, 0.1) is 19.0 Å². The SMILES string of the molecule is C.CCCNS(=O)(=O)NCCO.CCCS(=O)(=O)CCO. The van der Waals surface area contributed by atoms with Crippen LogP contribution in [0, 0.1) is 0 Å². The maximum absolute atomic E-state index is 10.8. The molecule has 0 aliphatic heterocycles. The van der Waals surface area contributed by atoms with Crippen LogP contribution in [-0.4, -0.2) is 64.9 Å². The van der Waals surface area contributed by atoms with E-state index in [-0.39, 0.29) is 38.7 Å². The summed E-state index contributed by atoms with van der Waals surface area (Å²) in [5.41, 5.74) is 0. The summed E-state index contributed by atoms with van der Waals surface area (Å²) in [7, 11) is -6.30. The molecule has 0 bridgehead atoms. The first kappa shape index (κ1) is 25.7. The van der Waals surface area contributed by atoms with Crippen molar-refractivity contribution in [2.75, 3.05) is 37.8 Å². The zero-order valence-corrected chi connectivity index (χ0v) is 13.6. The highest BCUT2D eigenvalue weighted by Gasteiger charge is 2.06. The maximum Gasteiger partial charge on any atom is 0.276 e. The Hall–Kier alpha value is -0.260. The molecule has 0 saturated heterocycles. The molecular formula is C11H30N2O6S2. The maximum atomic E-state index is 10.8. The van der Waals surface area contributed by atoms with Gasteiger partial charge >= 0.3 is 0 Å². The minimum absolute atomic E-state index is 0. The van der Waals surface area contributed by atoms with E-state index in [1.807, 2.05) is 6.92 Å². The third-order valence-corrected chi connectivity index (χ3v) is 4.87. The lowest BCUT2D eigenvalue weighted by Crippen LogP contribution is -2.38. The summed E-state index contributed by atoms with van der Waals surface area (Å²) >= 11 is 0. The highest BCUT2D eigenvalue weighted by molar-refractivity contribution is 7.91. The first-order valence-electron chi connectivity index (χ1n) is 6.41. The van der Waals surface area contributed by atoms with E-state index in [0.29, 0.717) is 13.0 Å². The number of aliphatic hydroxyl groups is 2. The van der Waals surface area contributed by atoms with Crippen LogP contribution in [0.1, 0.15) is 34.1 Å². The van der Waals surface area contributed by atoms with Crippen LogP contribution >= 0.6 is 0 Å². The van der Waals surface area contributed by atoms with Crippen LogP contribution in [0.2, 0.25) is 0 Å². The van der Waals surface area contributed by atoms with Gasteiger partial charge in [-0.15, -0.1) is 0 Å². The van der Waals surface area contributed by atoms with Gasteiger partial charge in [0, 0.05) is 18.8 Å². The quantitative estimate of drug-likeness (QED) is 0.410. The largest absolute Gasteiger partial charge is 0.395 e. The van der Waals surface area contributed by atoms with Gasteiger partial charge in [-0.3, -0.25) is 0 Å². The molecule has 21 heavy (non-hydrogen) atoms. The molecular weight excluding hydrogens is 320 g/mol. The van der Waals surface area contributed by atoms with Crippen LogP contribution < -0.4 is 9.44 Å². The first-order valence-corrected chi connectivity index (χ1v) is 9.71. The van der Waals surface area contributed by atoms with Crippen LogP contribution in [0.3, 0.4) is 0 Å². The van der Waals surface area contributed by atoms with Crippen molar-refractivity contribution in [2.24, 2.45) is 0 Å². The topological polar surface area (TPSA) is 133 Å². The lowest BCUT2D eigenvalue weighted by Gasteiger charge is -2.04. The van der Waals surface area contributed by atoms with Gasteiger partial charge in [0.15, 0.2) is 9.84 Å². The summed E-state index contributed by atoms with van der Waals surface area (Å²) in [6.45, 7) is 3.69. The lowest BCUT2D eigenvalue weighted by atomic mass is 10.5. The summed E-state index contributed by atoms with van der Waals surface area (Å²) in [6.07, 6.45) is 1.38. The molecule has 132 valence electrons. The van der Waals surface area contributed by atoms with Crippen molar-refractivity contribution in [3.8, 4) is 0 Å². The number of nitrogens with one attached hydrogen (secondary N) is 2. The van der Waals surface area contributed by atoms with Crippen LogP contribution in [-0.2, 0) is 20.0 Å². The van der Waals surface area contributed by atoms with E-state index in [0.717, 1.165) is 6.42 Å². The van der Waals surface area contributed by atoms with Crippen molar-refractivity contribution in [1.82, 2.24) is 9.44 Å². The molecule has 0 aliphatic rings. The van der Waals surface area contributed by atoms with E-state index in [2.05, 4.69) is 9.44 Å². The second-order valence-electron chi connectivity index (χ2n) is 3.89. The predicted octanol–water partition coefficient (Wildman–Crippen LogP) is -0.748. The van der Waals surface area contributed by atoms with Crippen molar-refractivity contribution >= 4 is 20.0 Å².